The van der Waals surface area contributed by atoms with Gasteiger partial charge in [-0.2, -0.15) is 13.2 Å². The summed E-state index contributed by atoms with van der Waals surface area (Å²) in [5, 5.41) is 3.06. The first-order chi connectivity index (χ1) is 16.7. The molecule has 3 heterocycles. The first-order valence-corrected chi connectivity index (χ1v) is 11.3. The second-order valence-electron chi connectivity index (χ2n) is 8.66. The Morgan fingerprint density at radius 3 is 2.54 bits per heavy atom. The number of nitrogens with zero attached hydrogens (tertiary/aromatic N) is 4. The fourth-order valence-electron chi connectivity index (χ4n) is 4.42. The Labute approximate surface area is 200 Å². The molecule has 2 aromatic heterocycles. The number of hydrogen-bond donors (Lipinski definition) is 1. The average Bonchev–Trinajstić information content (AvgIpc) is 2.84. The predicted octanol–water partition coefficient (Wildman–Crippen LogP) is 5.36. The van der Waals surface area contributed by atoms with E-state index in [0.29, 0.717) is 17.9 Å². The smallest absolute Gasteiger partial charge is 0.368 e. The molecule has 0 bridgehead atoms. The monoisotopic (exact) mass is 487 g/mol. The molecule has 1 amide bonds. The number of carbonyl (C=O) groups is 1. The topological polar surface area (TPSA) is 71.0 Å². The van der Waals surface area contributed by atoms with Crippen molar-refractivity contribution in [3.63, 3.8) is 0 Å². The highest BCUT2D eigenvalue weighted by Gasteiger charge is 2.35. The average molecular weight is 488 g/mol. The molecule has 35 heavy (non-hydrogen) atoms. The fourth-order valence-corrected chi connectivity index (χ4v) is 4.42. The molecule has 1 aliphatic rings. The van der Waals surface area contributed by atoms with Crippen molar-refractivity contribution in [1.82, 2.24) is 19.9 Å². The van der Waals surface area contributed by atoms with Gasteiger partial charge in [0.15, 0.2) is 5.82 Å². The maximum atomic E-state index is 14.5. The quantitative estimate of drug-likeness (QED) is 0.491. The van der Waals surface area contributed by atoms with E-state index in [0.717, 1.165) is 25.1 Å². The lowest BCUT2D eigenvalue weighted by Gasteiger charge is -2.40. The summed E-state index contributed by atoms with van der Waals surface area (Å²) < 4.78 is 53.0. The maximum Gasteiger partial charge on any atom is 0.417 e. The minimum Gasteiger partial charge on any atom is -0.368 e. The number of alkyl halides is 3. The molecule has 6 nitrogen and oxygen atoms in total. The van der Waals surface area contributed by atoms with Crippen molar-refractivity contribution in [2.24, 2.45) is 5.92 Å². The maximum absolute atomic E-state index is 14.5. The Hall–Kier alpha value is -3.56. The number of piperidine rings is 1. The molecular weight excluding hydrogens is 462 g/mol. The van der Waals surface area contributed by atoms with Gasteiger partial charge in [-0.3, -0.25) is 4.79 Å². The van der Waals surface area contributed by atoms with Gasteiger partial charge in [-0.25, -0.2) is 19.3 Å². The van der Waals surface area contributed by atoms with Crippen LogP contribution < -0.4 is 5.32 Å². The number of rotatable bonds is 5. The highest BCUT2D eigenvalue weighted by atomic mass is 19.4. The Balaban J connectivity index is 1.61. The minimum atomic E-state index is -4.46. The van der Waals surface area contributed by atoms with Crippen molar-refractivity contribution in [1.29, 1.82) is 0 Å². The van der Waals surface area contributed by atoms with Gasteiger partial charge in [0, 0.05) is 37.2 Å². The van der Waals surface area contributed by atoms with Gasteiger partial charge < -0.3 is 10.2 Å². The summed E-state index contributed by atoms with van der Waals surface area (Å²) in [5.41, 5.74) is 0.0456. The molecule has 1 N–H and O–H groups in total. The number of nitrogens with one attached hydrogen (secondary N) is 1. The lowest BCUT2D eigenvalue weighted by atomic mass is 9.89. The van der Waals surface area contributed by atoms with Crippen LogP contribution in [0.3, 0.4) is 0 Å². The second-order valence-corrected chi connectivity index (χ2v) is 8.66. The number of amides is 1. The van der Waals surface area contributed by atoms with Crippen LogP contribution in [0.15, 0.2) is 48.9 Å². The number of likely N-dealkylation sites (tertiary alicyclic amines) is 1. The summed E-state index contributed by atoms with van der Waals surface area (Å²) >= 11 is 0. The van der Waals surface area contributed by atoms with Crippen LogP contribution >= 0.6 is 0 Å². The molecule has 0 aliphatic carbocycles. The lowest BCUT2D eigenvalue weighted by molar-refractivity contribution is -0.137. The number of benzene rings is 1. The van der Waals surface area contributed by atoms with E-state index >= 15 is 0 Å². The minimum absolute atomic E-state index is 0.111. The molecule has 0 spiro atoms. The van der Waals surface area contributed by atoms with Gasteiger partial charge >= 0.3 is 6.18 Å². The molecule has 3 aromatic rings. The molecule has 0 unspecified atom stereocenters. The van der Waals surface area contributed by atoms with E-state index in [1.165, 1.54) is 18.2 Å². The molecule has 2 atom stereocenters. The van der Waals surface area contributed by atoms with E-state index in [9.17, 15) is 22.4 Å². The van der Waals surface area contributed by atoms with Crippen molar-refractivity contribution in [3.8, 4) is 11.4 Å². The molecule has 1 fully saturated rings. The van der Waals surface area contributed by atoms with Gasteiger partial charge in [-0.1, -0.05) is 6.92 Å². The van der Waals surface area contributed by atoms with E-state index in [-0.39, 0.29) is 41.4 Å². The summed E-state index contributed by atoms with van der Waals surface area (Å²) in [6, 6.07) is 6.43. The van der Waals surface area contributed by atoms with Gasteiger partial charge in [0.25, 0.3) is 5.91 Å². The number of anilines is 1. The summed E-state index contributed by atoms with van der Waals surface area (Å²) in [4.78, 5) is 27.9. The van der Waals surface area contributed by atoms with E-state index in [4.69, 9.17) is 0 Å². The highest BCUT2D eigenvalue weighted by Crippen LogP contribution is 2.32. The molecule has 0 radical (unpaired) electrons. The Morgan fingerprint density at radius 1 is 1.14 bits per heavy atom. The van der Waals surface area contributed by atoms with Crippen LogP contribution in [0.25, 0.3) is 11.4 Å². The van der Waals surface area contributed by atoms with Crippen LogP contribution in [0.1, 0.15) is 41.3 Å². The third kappa shape index (κ3) is 5.26. The van der Waals surface area contributed by atoms with Crippen molar-refractivity contribution in [2.75, 3.05) is 18.4 Å². The molecule has 4 rings (SSSR count). The third-order valence-corrected chi connectivity index (χ3v) is 6.38. The van der Waals surface area contributed by atoms with E-state index in [1.807, 2.05) is 6.92 Å². The molecule has 0 saturated carbocycles. The number of hydrogen-bond acceptors (Lipinski definition) is 5. The Kier molecular flexibility index (Phi) is 7.00. The summed E-state index contributed by atoms with van der Waals surface area (Å²) in [6.45, 7) is 4.34. The van der Waals surface area contributed by atoms with Gasteiger partial charge in [0.2, 0.25) is 0 Å². The second kappa shape index (κ2) is 9.97. The van der Waals surface area contributed by atoms with Gasteiger partial charge in [-0.15, -0.1) is 0 Å². The van der Waals surface area contributed by atoms with Crippen LogP contribution in [0.5, 0.6) is 0 Å². The predicted molar refractivity (Wildman–Crippen MR) is 123 cm³/mol. The first-order valence-electron chi connectivity index (χ1n) is 11.3. The first kappa shape index (κ1) is 24.6. The van der Waals surface area contributed by atoms with Gasteiger partial charge in [-0.05, 0) is 61.6 Å². The van der Waals surface area contributed by atoms with Crippen molar-refractivity contribution < 1.29 is 22.4 Å². The normalized spacial score (nSPS) is 18.4. The summed E-state index contributed by atoms with van der Waals surface area (Å²) in [6.07, 6.45) is 1.10. The van der Waals surface area contributed by atoms with Gasteiger partial charge in [0.05, 0.1) is 17.2 Å². The third-order valence-electron chi connectivity index (χ3n) is 6.38. The van der Waals surface area contributed by atoms with Crippen LogP contribution in [0.2, 0.25) is 0 Å². The summed E-state index contributed by atoms with van der Waals surface area (Å²) in [7, 11) is 0. The number of pyridine rings is 1. The zero-order valence-corrected chi connectivity index (χ0v) is 19.3. The largest absolute Gasteiger partial charge is 0.417 e. The molecule has 184 valence electrons. The van der Waals surface area contributed by atoms with E-state index < -0.39 is 17.6 Å². The molecule has 1 aromatic carbocycles. The number of aromatic nitrogens is 3. The summed E-state index contributed by atoms with van der Waals surface area (Å²) in [5.74, 6) is -0.110. The van der Waals surface area contributed by atoms with Crippen LogP contribution in [-0.2, 0) is 6.18 Å². The van der Waals surface area contributed by atoms with Crippen LogP contribution in [0, 0.1) is 18.7 Å². The van der Waals surface area contributed by atoms with Crippen molar-refractivity contribution in [3.05, 3.63) is 71.4 Å². The molecular formula is C25H25F4N5O. The van der Waals surface area contributed by atoms with E-state index in [2.05, 4.69) is 20.3 Å². The standard InChI is InChI=1S/C25H25F4N5O/c1-15-5-3-12-34(20(15)14-33-21-9-6-17(13-32-21)25(27,28)29)24(35)22-16(2)19(26)8-7-18(22)23-30-10-4-11-31-23/h4,6-11,13,15,20H,3,5,12,14H2,1-2H3,(H,32,33)/t15-,20-/m1/s1. The number of carbonyl (C=O) groups excluding carboxylic acids is 1. The fraction of sp³-hybridized carbons (Fsp3) is 0.360. The SMILES string of the molecule is Cc1c(F)ccc(-c2ncccn2)c1C(=O)N1CCC[C@@H](C)[C@H]1CNc1ccc(C(F)(F)F)cn1. The molecule has 10 heteroatoms. The molecule has 1 saturated heterocycles. The zero-order valence-electron chi connectivity index (χ0n) is 19.3. The zero-order chi connectivity index (χ0) is 25.2. The molecule has 1 aliphatic heterocycles. The van der Waals surface area contributed by atoms with Crippen molar-refractivity contribution in [2.45, 2.75) is 38.9 Å². The van der Waals surface area contributed by atoms with E-state index in [1.54, 1.807) is 30.3 Å². The lowest BCUT2D eigenvalue weighted by Crippen LogP contribution is -2.51. The van der Waals surface area contributed by atoms with Gasteiger partial charge in [0.1, 0.15) is 11.6 Å². The Morgan fingerprint density at radius 2 is 1.89 bits per heavy atom. The Bertz CT molecular complexity index is 1180. The van der Waals surface area contributed by atoms with Crippen LogP contribution in [0.4, 0.5) is 23.4 Å². The number of halogens is 4. The highest BCUT2D eigenvalue weighted by molar-refractivity contribution is 6.01. The van der Waals surface area contributed by atoms with Crippen molar-refractivity contribution >= 4 is 11.7 Å². The van der Waals surface area contributed by atoms with Crippen LogP contribution in [-0.4, -0.2) is 44.9 Å².